The number of benzene rings is 1. The number of hydrogen-bond acceptors (Lipinski definition) is 4. The molecule has 0 aliphatic heterocycles. The molecular weight excluding hydrogens is 260 g/mol. The first-order chi connectivity index (χ1) is 9.16. The molecule has 0 bridgehead atoms. The summed E-state index contributed by atoms with van der Waals surface area (Å²) in [5.74, 6) is 0.126. The first-order valence-corrected chi connectivity index (χ1v) is 5.89. The molecule has 6 heteroatoms. The monoisotopic (exact) mass is 272 g/mol. The summed E-state index contributed by atoms with van der Waals surface area (Å²) in [6.07, 6.45) is 4.91. The number of nitrogens with zero attached hydrogens (tertiary/aromatic N) is 2. The molecule has 0 saturated heterocycles. The van der Waals surface area contributed by atoms with E-state index in [9.17, 15) is 5.11 Å². The molecule has 0 spiro atoms. The van der Waals surface area contributed by atoms with Gasteiger partial charge in [-0.1, -0.05) is 12.1 Å². The van der Waals surface area contributed by atoms with E-state index >= 15 is 0 Å². The fourth-order valence-corrected chi connectivity index (χ4v) is 1.59. The zero-order valence-corrected chi connectivity index (χ0v) is 10.8. The third-order valence-electron chi connectivity index (χ3n) is 2.40. The van der Waals surface area contributed by atoms with Crippen LogP contribution < -0.4 is 11.2 Å². The molecule has 96 valence electrons. The molecule has 4 N–H and O–H groups in total. The van der Waals surface area contributed by atoms with Crippen molar-refractivity contribution in [2.75, 3.05) is 0 Å². The van der Waals surface area contributed by atoms with Crippen LogP contribution in [-0.4, -0.2) is 21.4 Å². The van der Waals surface area contributed by atoms with Crippen LogP contribution in [0.4, 0.5) is 0 Å². The van der Waals surface area contributed by atoms with E-state index in [0.29, 0.717) is 5.56 Å². The van der Waals surface area contributed by atoms with E-state index in [-0.39, 0.29) is 10.9 Å². The largest absolute Gasteiger partial charge is 0.507 e. The van der Waals surface area contributed by atoms with Crippen molar-refractivity contribution in [1.82, 2.24) is 10.4 Å². The van der Waals surface area contributed by atoms with Crippen molar-refractivity contribution in [2.45, 2.75) is 0 Å². The van der Waals surface area contributed by atoms with Crippen molar-refractivity contribution in [3.8, 4) is 16.9 Å². The van der Waals surface area contributed by atoms with E-state index in [1.807, 2.05) is 18.2 Å². The van der Waals surface area contributed by atoms with Gasteiger partial charge in [0.2, 0.25) is 0 Å². The van der Waals surface area contributed by atoms with Crippen LogP contribution in [-0.2, 0) is 0 Å². The van der Waals surface area contributed by atoms with Crippen LogP contribution in [0.2, 0.25) is 0 Å². The molecule has 2 aromatic rings. The molecule has 1 aromatic heterocycles. The maximum atomic E-state index is 9.75. The third-order valence-corrected chi connectivity index (χ3v) is 2.49. The highest BCUT2D eigenvalue weighted by Gasteiger charge is 2.02. The minimum Gasteiger partial charge on any atom is -0.507 e. The van der Waals surface area contributed by atoms with Crippen molar-refractivity contribution in [3.05, 3.63) is 48.3 Å². The minimum atomic E-state index is 0.0687. The predicted molar refractivity (Wildman–Crippen MR) is 78.9 cm³/mol. The smallest absolute Gasteiger partial charge is 0.184 e. The highest BCUT2D eigenvalue weighted by atomic mass is 32.1. The lowest BCUT2D eigenvalue weighted by Gasteiger charge is -2.04. The molecular formula is C13H12N4OS. The molecule has 0 unspecified atom stereocenters. The Balaban J connectivity index is 2.30. The standard InChI is InChI=1S/C13H12N4OS/c14-13(19)17-16-8-11-6-9(3-4-12(11)18)10-2-1-5-15-7-10/h1-8,18H,(H3,14,17,19). The quantitative estimate of drug-likeness (QED) is 0.449. The van der Waals surface area contributed by atoms with E-state index in [0.717, 1.165) is 11.1 Å². The van der Waals surface area contributed by atoms with Crippen LogP contribution in [0.5, 0.6) is 5.75 Å². The fraction of sp³-hybridized carbons (Fsp3) is 0. The number of pyridine rings is 1. The molecule has 0 amide bonds. The highest BCUT2D eigenvalue weighted by Crippen LogP contribution is 2.24. The molecule has 0 aliphatic rings. The Morgan fingerprint density at radius 3 is 2.89 bits per heavy atom. The number of hydrazone groups is 1. The Labute approximate surface area is 115 Å². The van der Waals surface area contributed by atoms with Crippen LogP contribution in [0.15, 0.2) is 47.8 Å². The van der Waals surface area contributed by atoms with Crippen molar-refractivity contribution in [3.63, 3.8) is 0 Å². The van der Waals surface area contributed by atoms with Gasteiger partial charge in [-0.25, -0.2) is 0 Å². The van der Waals surface area contributed by atoms with Gasteiger partial charge in [-0.05, 0) is 36.0 Å². The van der Waals surface area contributed by atoms with Crippen LogP contribution >= 0.6 is 12.2 Å². The van der Waals surface area contributed by atoms with E-state index in [1.54, 1.807) is 24.5 Å². The van der Waals surface area contributed by atoms with Gasteiger partial charge in [0, 0.05) is 23.5 Å². The van der Waals surface area contributed by atoms with Gasteiger partial charge < -0.3 is 10.8 Å². The number of rotatable bonds is 3. The number of thiocarbonyl (C=S) groups is 1. The Kier molecular flexibility index (Phi) is 4.04. The Bertz CT molecular complexity index is 613. The van der Waals surface area contributed by atoms with E-state index in [4.69, 9.17) is 5.73 Å². The maximum Gasteiger partial charge on any atom is 0.184 e. The second-order valence-electron chi connectivity index (χ2n) is 3.75. The molecule has 5 nitrogen and oxygen atoms in total. The van der Waals surface area contributed by atoms with Crippen LogP contribution in [0.3, 0.4) is 0 Å². The van der Waals surface area contributed by atoms with E-state index in [1.165, 1.54) is 6.21 Å². The lowest BCUT2D eigenvalue weighted by Crippen LogP contribution is -2.23. The van der Waals surface area contributed by atoms with Crippen LogP contribution in [0.25, 0.3) is 11.1 Å². The number of phenolic OH excluding ortho intramolecular Hbond substituents is 1. The number of aromatic hydroxyl groups is 1. The van der Waals surface area contributed by atoms with Gasteiger partial charge in [-0.15, -0.1) is 0 Å². The number of nitrogens with two attached hydrogens (primary N) is 1. The molecule has 19 heavy (non-hydrogen) atoms. The fourth-order valence-electron chi connectivity index (χ4n) is 1.54. The van der Waals surface area contributed by atoms with Crippen molar-refractivity contribution < 1.29 is 5.11 Å². The first-order valence-electron chi connectivity index (χ1n) is 5.49. The molecule has 0 saturated carbocycles. The summed E-state index contributed by atoms with van der Waals surface area (Å²) in [7, 11) is 0. The lowest BCUT2D eigenvalue weighted by atomic mass is 10.0. The van der Waals surface area contributed by atoms with E-state index in [2.05, 4.69) is 27.7 Å². The summed E-state index contributed by atoms with van der Waals surface area (Å²) < 4.78 is 0. The Morgan fingerprint density at radius 2 is 2.21 bits per heavy atom. The lowest BCUT2D eigenvalue weighted by molar-refractivity contribution is 0.474. The zero-order valence-electron chi connectivity index (χ0n) is 9.95. The first kappa shape index (κ1) is 13.0. The zero-order chi connectivity index (χ0) is 13.7. The third kappa shape index (κ3) is 3.49. The second-order valence-corrected chi connectivity index (χ2v) is 4.19. The number of aromatic nitrogens is 1. The molecule has 1 heterocycles. The average Bonchev–Trinajstić information content (AvgIpc) is 2.41. The summed E-state index contributed by atoms with van der Waals surface area (Å²) in [6, 6.07) is 9.00. The van der Waals surface area contributed by atoms with Gasteiger partial charge >= 0.3 is 0 Å². The van der Waals surface area contributed by atoms with Gasteiger partial charge in [0.1, 0.15) is 5.75 Å². The summed E-state index contributed by atoms with van der Waals surface area (Å²) in [5, 5.41) is 13.6. The molecule has 0 aliphatic carbocycles. The normalized spacial score (nSPS) is 10.5. The SMILES string of the molecule is NC(=S)NN=Cc1cc(-c2cccnc2)ccc1O. The van der Waals surface area contributed by atoms with Crippen molar-refractivity contribution in [1.29, 1.82) is 0 Å². The molecule has 2 rings (SSSR count). The Hall–Kier alpha value is -2.47. The van der Waals surface area contributed by atoms with Gasteiger partial charge in [0.05, 0.1) is 6.21 Å². The van der Waals surface area contributed by atoms with Crippen molar-refractivity contribution in [2.24, 2.45) is 10.8 Å². The summed E-state index contributed by atoms with van der Waals surface area (Å²) in [6.45, 7) is 0. The summed E-state index contributed by atoms with van der Waals surface area (Å²) in [5.41, 5.74) is 10.1. The molecule has 0 radical (unpaired) electrons. The number of hydrogen-bond donors (Lipinski definition) is 3. The van der Waals surface area contributed by atoms with Gasteiger partial charge in [-0.3, -0.25) is 10.4 Å². The van der Waals surface area contributed by atoms with Crippen LogP contribution in [0, 0.1) is 0 Å². The predicted octanol–water partition coefficient (Wildman–Crippen LogP) is 1.62. The molecule has 1 aromatic carbocycles. The van der Waals surface area contributed by atoms with Crippen LogP contribution in [0.1, 0.15) is 5.56 Å². The summed E-state index contributed by atoms with van der Waals surface area (Å²) in [4.78, 5) is 4.06. The van der Waals surface area contributed by atoms with Gasteiger partial charge in [0.15, 0.2) is 5.11 Å². The topological polar surface area (TPSA) is 83.5 Å². The summed E-state index contributed by atoms with van der Waals surface area (Å²) >= 11 is 4.63. The van der Waals surface area contributed by atoms with E-state index < -0.39 is 0 Å². The second kappa shape index (κ2) is 5.92. The Morgan fingerprint density at radius 1 is 1.37 bits per heavy atom. The maximum absolute atomic E-state index is 9.75. The number of phenols is 1. The van der Waals surface area contributed by atoms with Gasteiger partial charge in [0.25, 0.3) is 0 Å². The molecule has 0 fully saturated rings. The molecule has 0 atom stereocenters. The highest BCUT2D eigenvalue weighted by molar-refractivity contribution is 7.80. The number of nitrogens with one attached hydrogen (secondary N) is 1. The average molecular weight is 272 g/mol. The minimum absolute atomic E-state index is 0.0687. The van der Waals surface area contributed by atoms with Gasteiger partial charge in [-0.2, -0.15) is 5.10 Å². The van der Waals surface area contributed by atoms with Crippen molar-refractivity contribution >= 4 is 23.5 Å².